The summed E-state index contributed by atoms with van der Waals surface area (Å²) in [6.07, 6.45) is 3.29. The van der Waals surface area contributed by atoms with Crippen molar-refractivity contribution in [1.29, 1.82) is 0 Å². The van der Waals surface area contributed by atoms with Gasteiger partial charge in [-0.15, -0.1) is 0 Å². The molecule has 2 N–H and O–H groups in total. The quantitative estimate of drug-likeness (QED) is 0.832. The van der Waals surface area contributed by atoms with Gasteiger partial charge >= 0.3 is 0 Å². The first-order valence-corrected chi connectivity index (χ1v) is 7.79. The van der Waals surface area contributed by atoms with E-state index < -0.39 is 0 Å². The fourth-order valence-corrected chi connectivity index (χ4v) is 2.54. The molecule has 0 aromatic rings. The maximum Gasteiger partial charge on any atom is 0.223 e. The van der Waals surface area contributed by atoms with Crippen LogP contribution in [-0.2, 0) is 9.59 Å². The second kappa shape index (κ2) is 7.09. The molecule has 0 radical (unpaired) electrons. The number of rotatable bonds is 4. The van der Waals surface area contributed by atoms with Gasteiger partial charge in [0, 0.05) is 23.9 Å². The van der Waals surface area contributed by atoms with E-state index in [0.29, 0.717) is 5.92 Å². The summed E-state index contributed by atoms with van der Waals surface area (Å²) in [5.41, 5.74) is -0.178. The molecule has 0 saturated heterocycles. The first kappa shape index (κ1) is 17.0. The highest BCUT2D eigenvalue weighted by atomic mass is 16.2. The van der Waals surface area contributed by atoms with Gasteiger partial charge in [0.05, 0.1) is 0 Å². The lowest BCUT2D eigenvalue weighted by Gasteiger charge is -2.30. The summed E-state index contributed by atoms with van der Waals surface area (Å²) >= 11 is 0. The first-order chi connectivity index (χ1) is 9.19. The van der Waals surface area contributed by atoms with Crippen LogP contribution in [0, 0.1) is 17.8 Å². The number of carbonyl (C=O) groups is 2. The molecule has 0 spiro atoms. The van der Waals surface area contributed by atoms with Crippen LogP contribution in [0.15, 0.2) is 0 Å². The number of carbonyl (C=O) groups excluding carboxylic acids is 2. The molecular formula is C16H30N2O2. The Kier molecular flexibility index (Phi) is 6.03. The lowest BCUT2D eigenvalue weighted by molar-refractivity contribution is -0.131. The maximum atomic E-state index is 12.1. The molecule has 0 aromatic carbocycles. The van der Waals surface area contributed by atoms with E-state index in [9.17, 15) is 9.59 Å². The van der Waals surface area contributed by atoms with Gasteiger partial charge < -0.3 is 10.6 Å². The van der Waals surface area contributed by atoms with Crippen molar-refractivity contribution >= 4 is 11.8 Å². The molecule has 1 fully saturated rings. The van der Waals surface area contributed by atoms with Crippen molar-refractivity contribution in [2.24, 2.45) is 17.8 Å². The van der Waals surface area contributed by atoms with Crippen LogP contribution in [0.25, 0.3) is 0 Å². The summed E-state index contributed by atoms with van der Waals surface area (Å²) in [6, 6.07) is 0. The van der Waals surface area contributed by atoms with E-state index in [2.05, 4.69) is 24.5 Å². The van der Waals surface area contributed by atoms with Gasteiger partial charge in [-0.1, -0.05) is 13.8 Å². The third kappa shape index (κ3) is 5.93. The van der Waals surface area contributed by atoms with Crippen molar-refractivity contribution in [2.45, 2.75) is 65.8 Å². The average Bonchev–Trinajstić information content (AvgIpc) is 2.34. The SMILES string of the molecule is CC(C)CNC(=O)C1CCC(C(=O)NC(C)(C)C)CC1. The molecule has 1 aliphatic carbocycles. The second-order valence-electron chi connectivity index (χ2n) is 7.43. The third-order valence-electron chi connectivity index (χ3n) is 3.65. The minimum atomic E-state index is -0.178. The molecule has 0 aliphatic heterocycles. The number of amides is 2. The van der Waals surface area contributed by atoms with Crippen molar-refractivity contribution in [3.05, 3.63) is 0 Å². The summed E-state index contributed by atoms with van der Waals surface area (Å²) in [5.74, 6) is 0.940. The van der Waals surface area contributed by atoms with Gasteiger partial charge in [0.15, 0.2) is 0 Å². The molecule has 116 valence electrons. The number of hydrogen-bond donors (Lipinski definition) is 2. The van der Waals surface area contributed by atoms with Crippen LogP contribution < -0.4 is 10.6 Å². The molecule has 1 aliphatic rings. The monoisotopic (exact) mass is 282 g/mol. The van der Waals surface area contributed by atoms with Crippen LogP contribution in [-0.4, -0.2) is 23.9 Å². The summed E-state index contributed by atoms with van der Waals surface area (Å²) < 4.78 is 0. The van der Waals surface area contributed by atoms with Gasteiger partial charge in [-0.05, 0) is 52.4 Å². The van der Waals surface area contributed by atoms with Crippen LogP contribution >= 0.6 is 0 Å². The Labute approximate surface area is 123 Å². The van der Waals surface area contributed by atoms with E-state index in [4.69, 9.17) is 0 Å². The first-order valence-electron chi connectivity index (χ1n) is 7.79. The summed E-state index contributed by atoms with van der Waals surface area (Å²) in [7, 11) is 0. The van der Waals surface area contributed by atoms with Crippen molar-refractivity contribution in [3.8, 4) is 0 Å². The lowest BCUT2D eigenvalue weighted by Crippen LogP contribution is -2.45. The molecule has 20 heavy (non-hydrogen) atoms. The van der Waals surface area contributed by atoms with Gasteiger partial charge in [-0.2, -0.15) is 0 Å². The Bertz CT molecular complexity index is 337. The van der Waals surface area contributed by atoms with Crippen molar-refractivity contribution in [2.75, 3.05) is 6.54 Å². The van der Waals surface area contributed by atoms with Crippen LogP contribution in [0.1, 0.15) is 60.3 Å². The van der Waals surface area contributed by atoms with Gasteiger partial charge in [-0.25, -0.2) is 0 Å². The zero-order valence-electron chi connectivity index (χ0n) is 13.6. The van der Waals surface area contributed by atoms with E-state index in [1.54, 1.807) is 0 Å². The molecule has 0 heterocycles. The summed E-state index contributed by atoms with van der Waals surface area (Å²) in [4.78, 5) is 24.1. The Hall–Kier alpha value is -1.06. The third-order valence-corrected chi connectivity index (χ3v) is 3.65. The standard InChI is InChI=1S/C16H30N2O2/c1-11(2)10-17-14(19)12-6-8-13(9-7-12)15(20)18-16(3,4)5/h11-13H,6-10H2,1-5H3,(H,17,19)(H,18,20). The smallest absolute Gasteiger partial charge is 0.223 e. The largest absolute Gasteiger partial charge is 0.356 e. The van der Waals surface area contributed by atoms with E-state index in [0.717, 1.165) is 32.2 Å². The van der Waals surface area contributed by atoms with Gasteiger partial charge in [-0.3, -0.25) is 9.59 Å². The molecule has 2 amide bonds. The highest BCUT2D eigenvalue weighted by Gasteiger charge is 2.31. The highest BCUT2D eigenvalue weighted by Crippen LogP contribution is 2.29. The van der Waals surface area contributed by atoms with E-state index in [1.165, 1.54) is 0 Å². The minimum Gasteiger partial charge on any atom is -0.356 e. The Morgan fingerprint density at radius 2 is 1.45 bits per heavy atom. The molecule has 0 bridgehead atoms. The van der Waals surface area contributed by atoms with E-state index in [1.807, 2.05) is 20.8 Å². The fourth-order valence-electron chi connectivity index (χ4n) is 2.54. The Balaban J connectivity index is 2.36. The highest BCUT2D eigenvalue weighted by molar-refractivity contribution is 5.81. The van der Waals surface area contributed by atoms with Crippen molar-refractivity contribution in [1.82, 2.24) is 10.6 Å². The molecule has 1 rings (SSSR count). The van der Waals surface area contributed by atoms with Gasteiger partial charge in [0.25, 0.3) is 0 Å². The van der Waals surface area contributed by atoms with E-state index >= 15 is 0 Å². The molecule has 0 unspecified atom stereocenters. The van der Waals surface area contributed by atoms with Crippen LogP contribution in [0.4, 0.5) is 0 Å². The molecule has 4 heteroatoms. The summed E-state index contributed by atoms with van der Waals surface area (Å²) in [5, 5.41) is 6.03. The molecule has 0 atom stereocenters. The molecule has 0 aromatic heterocycles. The van der Waals surface area contributed by atoms with Crippen LogP contribution in [0.2, 0.25) is 0 Å². The lowest BCUT2D eigenvalue weighted by atomic mass is 9.81. The van der Waals surface area contributed by atoms with Gasteiger partial charge in [0.2, 0.25) is 11.8 Å². The normalized spacial score (nSPS) is 23.5. The topological polar surface area (TPSA) is 58.2 Å². The number of hydrogen-bond acceptors (Lipinski definition) is 2. The minimum absolute atomic E-state index is 0.0726. The Morgan fingerprint density at radius 1 is 1.00 bits per heavy atom. The molecule has 4 nitrogen and oxygen atoms in total. The predicted octanol–water partition coefficient (Wildman–Crippen LogP) is 2.48. The van der Waals surface area contributed by atoms with Crippen molar-refractivity contribution < 1.29 is 9.59 Å². The average molecular weight is 282 g/mol. The molecule has 1 saturated carbocycles. The zero-order chi connectivity index (χ0) is 15.3. The van der Waals surface area contributed by atoms with Crippen LogP contribution in [0.3, 0.4) is 0 Å². The predicted molar refractivity (Wildman–Crippen MR) is 81.2 cm³/mol. The second-order valence-corrected chi connectivity index (χ2v) is 7.43. The Morgan fingerprint density at radius 3 is 1.85 bits per heavy atom. The maximum absolute atomic E-state index is 12.1. The fraction of sp³-hybridized carbons (Fsp3) is 0.875. The summed E-state index contributed by atoms with van der Waals surface area (Å²) in [6.45, 7) is 10.9. The van der Waals surface area contributed by atoms with Gasteiger partial charge in [0.1, 0.15) is 0 Å². The van der Waals surface area contributed by atoms with Crippen molar-refractivity contribution in [3.63, 3.8) is 0 Å². The molecular weight excluding hydrogens is 252 g/mol. The van der Waals surface area contributed by atoms with E-state index in [-0.39, 0.29) is 29.2 Å². The van der Waals surface area contributed by atoms with Crippen LogP contribution in [0.5, 0.6) is 0 Å². The number of nitrogens with one attached hydrogen (secondary N) is 2. The zero-order valence-corrected chi connectivity index (χ0v) is 13.6.